The highest BCUT2D eigenvalue weighted by molar-refractivity contribution is 9.10. The number of pyridine rings is 1. The summed E-state index contributed by atoms with van der Waals surface area (Å²) in [5.41, 5.74) is 1.48. The van der Waals surface area contributed by atoms with Crippen molar-refractivity contribution in [2.75, 3.05) is 0 Å². The molecule has 1 aromatic heterocycles. The minimum atomic E-state index is -0.0890. The van der Waals surface area contributed by atoms with Gasteiger partial charge in [0.2, 0.25) is 0 Å². The molecule has 0 fully saturated rings. The Morgan fingerprint density at radius 2 is 2.21 bits per heavy atom. The third-order valence-electron chi connectivity index (χ3n) is 2.01. The molecule has 0 aliphatic heterocycles. The number of hydrogen-bond donors (Lipinski definition) is 1. The van der Waals surface area contributed by atoms with Crippen molar-refractivity contribution in [3.05, 3.63) is 39.5 Å². The Balaban J connectivity index is 2.79. The van der Waals surface area contributed by atoms with Crippen molar-refractivity contribution in [3.63, 3.8) is 0 Å². The van der Waals surface area contributed by atoms with E-state index in [-0.39, 0.29) is 6.61 Å². The zero-order valence-electron chi connectivity index (χ0n) is 7.17. The number of rotatable bonds is 1. The highest BCUT2D eigenvalue weighted by Gasteiger charge is 2.05. The zero-order chi connectivity index (χ0) is 10.1. The molecule has 2 aromatic rings. The fourth-order valence-electron chi connectivity index (χ4n) is 1.28. The molecule has 14 heavy (non-hydrogen) atoms. The summed E-state index contributed by atoms with van der Waals surface area (Å²) >= 11 is 9.46. The number of aliphatic hydroxyl groups is 1. The Labute approximate surface area is 94.7 Å². The highest BCUT2D eigenvalue weighted by Crippen LogP contribution is 2.27. The Hall–Kier alpha value is -0.640. The lowest BCUT2D eigenvalue weighted by atomic mass is 10.2. The number of aromatic nitrogens is 1. The van der Waals surface area contributed by atoms with E-state index in [1.54, 1.807) is 6.20 Å². The molecule has 1 N–H and O–H groups in total. The van der Waals surface area contributed by atoms with Gasteiger partial charge in [0, 0.05) is 21.6 Å². The second-order valence-corrected chi connectivity index (χ2v) is 4.21. The molecule has 0 saturated carbocycles. The van der Waals surface area contributed by atoms with E-state index in [4.69, 9.17) is 16.7 Å². The van der Waals surface area contributed by atoms with Gasteiger partial charge < -0.3 is 5.11 Å². The van der Waals surface area contributed by atoms with Crippen LogP contribution in [0.15, 0.2) is 28.9 Å². The van der Waals surface area contributed by atoms with Crippen molar-refractivity contribution in [1.29, 1.82) is 0 Å². The van der Waals surface area contributed by atoms with Crippen LogP contribution < -0.4 is 0 Å². The first-order chi connectivity index (χ1) is 6.72. The molecule has 2 rings (SSSR count). The van der Waals surface area contributed by atoms with Crippen LogP contribution in [0.1, 0.15) is 5.56 Å². The predicted molar refractivity (Wildman–Crippen MR) is 60.4 cm³/mol. The van der Waals surface area contributed by atoms with Crippen molar-refractivity contribution in [3.8, 4) is 0 Å². The van der Waals surface area contributed by atoms with E-state index in [2.05, 4.69) is 20.9 Å². The summed E-state index contributed by atoms with van der Waals surface area (Å²) in [5, 5.41) is 10.4. The molecule has 1 heterocycles. The average molecular weight is 273 g/mol. The van der Waals surface area contributed by atoms with E-state index in [1.165, 1.54) is 0 Å². The Morgan fingerprint density at radius 1 is 1.43 bits per heavy atom. The van der Waals surface area contributed by atoms with Crippen molar-refractivity contribution in [1.82, 2.24) is 4.98 Å². The lowest BCUT2D eigenvalue weighted by Crippen LogP contribution is -1.89. The minimum Gasteiger partial charge on any atom is -0.392 e. The van der Waals surface area contributed by atoms with Gasteiger partial charge in [-0.05, 0) is 18.2 Å². The maximum Gasteiger partial charge on any atom is 0.0717 e. The standard InChI is InChI=1S/C10H7BrClNO/c11-7-1-2-9-8(3-7)10(12)6(5-14)4-13-9/h1-4,14H,5H2. The molecule has 0 aliphatic rings. The Morgan fingerprint density at radius 3 is 2.93 bits per heavy atom. The molecular weight excluding hydrogens is 265 g/mol. The molecule has 0 amide bonds. The third kappa shape index (κ3) is 1.63. The number of aliphatic hydroxyl groups excluding tert-OH is 1. The molecule has 0 bridgehead atoms. The third-order valence-corrected chi connectivity index (χ3v) is 2.95. The summed E-state index contributed by atoms with van der Waals surface area (Å²) in [6.45, 7) is -0.0890. The fraction of sp³-hybridized carbons (Fsp3) is 0.100. The summed E-state index contributed by atoms with van der Waals surface area (Å²) in [5.74, 6) is 0. The number of nitrogens with zero attached hydrogens (tertiary/aromatic N) is 1. The van der Waals surface area contributed by atoms with Gasteiger partial charge in [0.05, 0.1) is 17.1 Å². The van der Waals surface area contributed by atoms with Gasteiger partial charge in [-0.2, -0.15) is 0 Å². The first kappa shape index (κ1) is 9.90. The fourth-order valence-corrected chi connectivity index (χ4v) is 1.90. The summed E-state index contributed by atoms with van der Waals surface area (Å²) in [4.78, 5) is 4.19. The van der Waals surface area contributed by atoms with Crippen LogP contribution in [0.25, 0.3) is 10.9 Å². The number of halogens is 2. The van der Waals surface area contributed by atoms with Crippen LogP contribution in [-0.4, -0.2) is 10.1 Å². The Kier molecular flexibility index (Phi) is 2.72. The summed E-state index contributed by atoms with van der Waals surface area (Å²) < 4.78 is 0.948. The lowest BCUT2D eigenvalue weighted by Gasteiger charge is -2.04. The molecule has 4 heteroatoms. The van der Waals surface area contributed by atoms with Crippen LogP contribution in [0.3, 0.4) is 0 Å². The van der Waals surface area contributed by atoms with E-state index in [0.717, 1.165) is 15.4 Å². The summed E-state index contributed by atoms with van der Waals surface area (Å²) in [6.07, 6.45) is 1.60. The van der Waals surface area contributed by atoms with Crippen molar-refractivity contribution >= 4 is 38.4 Å². The molecule has 0 aliphatic carbocycles. The maximum absolute atomic E-state index is 9.01. The van der Waals surface area contributed by atoms with Crippen LogP contribution in [0.4, 0.5) is 0 Å². The minimum absolute atomic E-state index is 0.0890. The monoisotopic (exact) mass is 271 g/mol. The number of benzene rings is 1. The van der Waals surface area contributed by atoms with Gasteiger partial charge in [0.25, 0.3) is 0 Å². The van der Waals surface area contributed by atoms with E-state index in [0.29, 0.717) is 10.6 Å². The van der Waals surface area contributed by atoms with Crippen LogP contribution >= 0.6 is 27.5 Å². The van der Waals surface area contributed by atoms with Gasteiger partial charge in [-0.1, -0.05) is 27.5 Å². The highest BCUT2D eigenvalue weighted by atomic mass is 79.9. The van der Waals surface area contributed by atoms with Crippen LogP contribution in [0.5, 0.6) is 0 Å². The average Bonchev–Trinajstić information content (AvgIpc) is 2.20. The molecule has 0 saturated heterocycles. The molecule has 1 aromatic carbocycles. The SMILES string of the molecule is OCc1cnc2ccc(Br)cc2c1Cl. The molecule has 0 spiro atoms. The van der Waals surface area contributed by atoms with Gasteiger partial charge in [-0.25, -0.2) is 0 Å². The quantitative estimate of drug-likeness (QED) is 0.865. The van der Waals surface area contributed by atoms with Crippen molar-refractivity contribution in [2.45, 2.75) is 6.61 Å². The molecular formula is C10H7BrClNO. The topological polar surface area (TPSA) is 33.1 Å². The van der Waals surface area contributed by atoms with Gasteiger partial charge in [-0.3, -0.25) is 4.98 Å². The first-order valence-electron chi connectivity index (χ1n) is 4.06. The smallest absolute Gasteiger partial charge is 0.0717 e. The molecule has 0 atom stereocenters. The van der Waals surface area contributed by atoms with Crippen LogP contribution in [0.2, 0.25) is 5.02 Å². The molecule has 0 unspecified atom stereocenters. The maximum atomic E-state index is 9.01. The van der Waals surface area contributed by atoms with E-state index < -0.39 is 0 Å². The van der Waals surface area contributed by atoms with Gasteiger partial charge in [0.15, 0.2) is 0 Å². The lowest BCUT2D eigenvalue weighted by molar-refractivity contribution is 0.281. The van der Waals surface area contributed by atoms with E-state index >= 15 is 0 Å². The number of hydrogen-bond acceptors (Lipinski definition) is 2. The molecule has 72 valence electrons. The van der Waals surface area contributed by atoms with E-state index in [1.807, 2.05) is 18.2 Å². The zero-order valence-corrected chi connectivity index (χ0v) is 9.51. The van der Waals surface area contributed by atoms with Crippen molar-refractivity contribution < 1.29 is 5.11 Å². The first-order valence-corrected chi connectivity index (χ1v) is 5.23. The van der Waals surface area contributed by atoms with E-state index in [9.17, 15) is 0 Å². The largest absolute Gasteiger partial charge is 0.392 e. The van der Waals surface area contributed by atoms with Gasteiger partial charge in [-0.15, -0.1) is 0 Å². The van der Waals surface area contributed by atoms with Crippen molar-refractivity contribution in [2.24, 2.45) is 0 Å². The van der Waals surface area contributed by atoms with Gasteiger partial charge in [0.1, 0.15) is 0 Å². The number of fused-ring (bicyclic) bond motifs is 1. The van der Waals surface area contributed by atoms with Crippen LogP contribution in [-0.2, 0) is 6.61 Å². The second kappa shape index (κ2) is 3.85. The predicted octanol–water partition coefficient (Wildman–Crippen LogP) is 3.14. The molecule has 2 nitrogen and oxygen atoms in total. The summed E-state index contributed by atoms with van der Waals surface area (Å²) in [7, 11) is 0. The van der Waals surface area contributed by atoms with Crippen LogP contribution in [0, 0.1) is 0 Å². The molecule has 0 radical (unpaired) electrons. The summed E-state index contributed by atoms with van der Waals surface area (Å²) in [6, 6.07) is 5.68. The van der Waals surface area contributed by atoms with Gasteiger partial charge >= 0.3 is 0 Å². The normalized spacial score (nSPS) is 10.8. The second-order valence-electron chi connectivity index (χ2n) is 2.92. The Bertz CT molecular complexity index is 487.